The van der Waals surface area contributed by atoms with E-state index in [4.69, 9.17) is 0 Å². The zero-order chi connectivity index (χ0) is 13.5. The van der Waals surface area contributed by atoms with Gasteiger partial charge in [0.2, 0.25) is 0 Å². The van der Waals surface area contributed by atoms with Crippen molar-refractivity contribution in [1.82, 2.24) is 13.9 Å². The summed E-state index contributed by atoms with van der Waals surface area (Å²) < 4.78 is 28.4. The van der Waals surface area contributed by atoms with Crippen LogP contribution in [-0.4, -0.2) is 40.2 Å². The molecule has 0 aliphatic carbocycles. The minimum absolute atomic E-state index is 0.0253. The Bertz CT molecular complexity index is 521. The van der Waals surface area contributed by atoms with E-state index >= 15 is 0 Å². The van der Waals surface area contributed by atoms with Gasteiger partial charge in [0.05, 0.1) is 0 Å². The average molecular weight is 336 g/mol. The van der Waals surface area contributed by atoms with Crippen LogP contribution in [0, 0.1) is 12.8 Å². The van der Waals surface area contributed by atoms with Crippen LogP contribution in [0.1, 0.15) is 19.2 Å². The lowest BCUT2D eigenvalue weighted by Crippen LogP contribution is -2.38. The van der Waals surface area contributed by atoms with Gasteiger partial charge in [-0.3, -0.25) is 0 Å². The fraction of sp³-hybridized carbons (Fsp3) is 0.727. The second kappa shape index (κ2) is 4.94. The molecule has 0 spiro atoms. The minimum atomic E-state index is -3.46. The molecule has 1 aliphatic rings. The van der Waals surface area contributed by atoms with Gasteiger partial charge >= 0.3 is 0 Å². The Hall–Kier alpha value is -0.400. The molecule has 7 heteroatoms. The number of aromatic nitrogens is 2. The maximum atomic E-state index is 12.5. The highest BCUT2D eigenvalue weighted by molar-refractivity contribution is 9.09. The molecule has 5 nitrogen and oxygen atoms in total. The molecule has 0 radical (unpaired) electrons. The van der Waals surface area contributed by atoms with E-state index in [1.165, 1.54) is 0 Å². The SMILES string of the molecule is Cc1nc(S(=O)(=O)N2CCC(C)C2CBr)cn1C. The Labute approximate surface area is 116 Å². The summed E-state index contributed by atoms with van der Waals surface area (Å²) in [6.45, 7) is 4.47. The van der Waals surface area contributed by atoms with Crippen molar-refractivity contribution in [2.24, 2.45) is 13.0 Å². The van der Waals surface area contributed by atoms with Gasteiger partial charge in [0.1, 0.15) is 5.82 Å². The standard InChI is InChI=1S/C11H18BrN3O2S/c1-8-4-5-15(10(8)6-12)18(16,17)11-7-14(3)9(2)13-11/h7-8,10H,4-6H2,1-3H3. The minimum Gasteiger partial charge on any atom is -0.337 e. The highest BCUT2D eigenvalue weighted by atomic mass is 79.9. The van der Waals surface area contributed by atoms with Crippen LogP contribution < -0.4 is 0 Å². The highest BCUT2D eigenvalue weighted by Gasteiger charge is 2.39. The maximum absolute atomic E-state index is 12.5. The third-order valence-corrected chi connectivity index (χ3v) is 6.11. The molecule has 1 fully saturated rings. The van der Waals surface area contributed by atoms with E-state index in [1.807, 2.05) is 0 Å². The van der Waals surface area contributed by atoms with Crippen molar-refractivity contribution in [2.75, 3.05) is 11.9 Å². The van der Waals surface area contributed by atoms with E-state index in [0.717, 1.165) is 6.42 Å². The lowest BCUT2D eigenvalue weighted by molar-refractivity contribution is 0.377. The normalized spacial score (nSPS) is 25.8. The van der Waals surface area contributed by atoms with Crippen molar-refractivity contribution < 1.29 is 8.42 Å². The number of hydrogen-bond acceptors (Lipinski definition) is 3. The van der Waals surface area contributed by atoms with Crippen LogP contribution in [0.5, 0.6) is 0 Å². The predicted molar refractivity (Wildman–Crippen MR) is 73.2 cm³/mol. The summed E-state index contributed by atoms with van der Waals surface area (Å²) in [5, 5.41) is 0.821. The van der Waals surface area contributed by atoms with Crippen molar-refractivity contribution in [3.8, 4) is 0 Å². The molecule has 1 aromatic heterocycles. The van der Waals surface area contributed by atoms with E-state index in [2.05, 4.69) is 27.8 Å². The van der Waals surface area contributed by atoms with Crippen LogP contribution in [0.2, 0.25) is 0 Å². The number of rotatable bonds is 3. The van der Waals surface area contributed by atoms with Gasteiger partial charge in [-0.05, 0) is 19.3 Å². The molecule has 2 unspecified atom stereocenters. The van der Waals surface area contributed by atoms with Crippen molar-refractivity contribution in [3.05, 3.63) is 12.0 Å². The Morgan fingerprint density at radius 2 is 2.22 bits per heavy atom. The van der Waals surface area contributed by atoms with Gasteiger partial charge in [-0.15, -0.1) is 0 Å². The van der Waals surface area contributed by atoms with E-state index in [1.54, 1.807) is 29.0 Å². The molecule has 102 valence electrons. The van der Waals surface area contributed by atoms with Gasteiger partial charge in [0, 0.05) is 31.2 Å². The third-order valence-electron chi connectivity index (χ3n) is 3.65. The number of alkyl halides is 1. The Kier molecular flexibility index (Phi) is 3.85. The molecule has 1 aliphatic heterocycles. The first-order chi connectivity index (χ1) is 8.37. The largest absolute Gasteiger partial charge is 0.337 e. The molecule has 2 atom stereocenters. The number of nitrogens with zero attached hydrogens (tertiary/aromatic N) is 3. The van der Waals surface area contributed by atoms with Gasteiger partial charge in [-0.2, -0.15) is 4.31 Å². The van der Waals surface area contributed by atoms with E-state index in [-0.39, 0.29) is 11.1 Å². The summed E-state index contributed by atoms with van der Waals surface area (Å²) in [5.41, 5.74) is 0. The van der Waals surface area contributed by atoms with Crippen molar-refractivity contribution in [3.63, 3.8) is 0 Å². The number of imidazole rings is 1. The topological polar surface area (TPSA) is 55.2 Å². The fourth-order valence-corrected chi connectivity index (χ4v) is 5.21. The number of sulfonamides is 1. The zero-order valence-corrected chi connectivity index (χ0v) is 13.2. The summed E-state index contributed by atoms with van der Waals surface area (Å²) in [7, 11) is -1.66. The molecule has 1 aromatic rings. The zero-order valence-electron chi connectivity index (χ0n) is 10.8. The molecule has 18 heavy (non-hydrogen) atoms. The van der Waals surface area contributed by atoms with Crippen LogP contribution in [0.3, 0.4) is 0 Å². The molecule has 2 rings (SSSR count). The van der Waals surface area contributed by atoms with E-state index in [0.29, 0.717) is 23.6 Å². The summed E-state index contributed by atoms with van der Waals surface area (Å²) in [6, 6.07) is 0.0253. The smallest absolute Gasteiger partial charge is 0.262 e. The number of aryl methyl sites for hydroxylation is 2. The van der Waals surface area contributed by atoms with Crippen LogP contribution in [0.25, 0.3) is 0 Å². The van der Waals surface area contributed by atoms with Gasteiger partial charge in [0.15, 0.2) is 5.03 Å². The van der Waals surface area contributed by atoms with Crippen molar-refractivity contribution in [2.45, 2.75) is 31.3 Å². The van der Waals surface area contributed by atoms with E-state index < -0.39 is 10.0 Å². The van der Waals surface area contributed by atoms with Crippen LogP contribution in [-0.2, 0) is 17.1 Å². The predicted octanol–water partition coefficient (Wildman–Crippen LogP) is 1.52. The molecule has 0 aromatic carbocycles. The van der Waals surface area contributed by atoms with Gasteiger partial charge < -0.3 is 4.57 Å². The maximum Gasteiger partial charge on any atom is 0.262 e. The third kappa shape index (κ3) is 2.23. The molecule has 1 saturated heterocycles. The van der Waals surface area contributed by atoms with E-state index in [9.17, 15) is 8.42 Å². The average Bonchev–Trinajstić information content (AvgIpc) is 2.84. The summed E-state index contributed by atoms with van der Waals surface area (Å²) in [4.78, 5) is 4.14. The lowest BCUT2D eigenvalue weighted by atomic mass is 10.1. The highest BCUT2D eigenvalue weighted by Crippen LogP contribution is 2.30. The van der Waals surface area contributed by atoms with Gasteiger partial charge in [-0.1, -0.05) is 22.9 Å². The molecular formula is C11H18BrN3O2S. The lowest BCUT2D eigenvalue weighted by Gasteiger charge is -2.23. The Morgan fingerprint density at radius 3 is 2.72 bits per heavy atom. The summed E-state index contributed by atoms with van der Waals surface area (Å²) in [6.07, 6.45) is 2.49. The van der Waals surface area contributed by atoms with Crippen molar-refractivity contribution >= 4 is 26.0 Å². The number of halogens is 1. The molecular weight excluding hydrogens is 318 g/mol. The molecule has 2 heterocycles. The summed E-state index contributed by atoms with van der Waals surface area (Å²) >= 11 is 3.41. The Morgan fingerprint density at radius 1 is 1.56 bits per heavy atom. The van der Waals surface area contributed by atoms with Crippen LogP contribution in [0.15, 0.2) is 11.2 Å². The second-order valence-corrected chi connectivity index (χ2v) is 7.33. The molecule has 0 amide bonds. The first-order valence-corrected chi connectivity index (χ1v) is 8.52. The van der Waals surface area contributed by atoms with Crippen molar-refractivity contribution in [1.29, 1.82) is 0 Å². The number of hydrogen-bond donors (Lipinski definition) is 0. The monoisotopic (exact) mass is 335 g/mol. The second-order valence-electron chi connectivity index (χ2n) is 4.84. The molecule has 0 N–H and O–H groups in total. The first-order valence-electron chi connectivity index (χ1n) is 5.95. The Balaban J connectivity index is 2.37. The van der Waals surface area contributed by atoms with Gasteiger partial charge in [0.25, 0.3) is 10.0 Å². The molecule has 0 bridgehead atoms. The van der Waals surface area contributed by atoms with Crippen LogP contribution >= 0.6 is 15.9 Å². The fourth-order valence-electron chi connectivity index (χ4n) is 2.27. The first kappa shape index (κ1) is 14.0. The van der Waals surface area contributed by atoms with Gasteiger partial charge in [-0.25, -0.2) is 13.4 Å². The summed E-state index contributed by atoms with van der Waals surface area (Å²) in [5.74, 6) is 1.08. The van der Waals surface area contributed by atoms with Crippen LogP contribution in [0.4, 0.5) is 0 Å². The molecule has 0 saturated carbocycles. The quantitative estimate of drug-likeness (QED) is 0.787.